The van der Waals surface area contributed by atoms with E-state index in [1.807, 2.05) is 49.2 Å². The minimum Gasteiger partial charge on any atom is -0.493 e. The molecule has 0 fully saturated rings. The van der Waals surface area contributed by atoms with Crippen LogP contribution in [-0.4, -0.2) is 43.0 Å². The number of rotatable bonds is 8. The van der Waals surface area contributed by atoms with Crippen LogP contribution in [0.5, 0.6) is 11.5 Å². The van der Waals surface area contributed by atoms with Gasteiger partial charge in [-0.15, -0.1) is 24.0 Å². The molecule has 0 radical (unpaired) electrons. The van der Waals surface area contributed by atoms with E-state index in [9.17, 15) is 0 Å². The fraction of sp³-hybridized carbons (Fsp3) is 0.444. The van der Waals surface area contributed by atoms with Gasteiger partial charge in [-0.05, 0) is 37.5 Å². The Hall–Kier alpha value is -1.97. The smallest absolute Gasteiger partial charge is 0.195 e. The van der Waals surface area contributed by atoms with Crippen molar-refractivity contribution in [2.45, 2.75) is 19.8 Å². The maximum absolute atomic E-state index is 5.53. The van der Waals surface area contributed by atoms with E-state index < -0.39 is 0 Å². The molecule has 2 rings (SSSR count). The maximum Gasteiger partial charge on any atom is 0.195 e. The standard InChI is InChI=1S/C18H27N5O2.HI/c1-5-25-16-9-8-15(11-17(16)24-4)22-18(19-2)20-10-6-7-14-12-21-23(3)13-14;/h8-9,11-13H,5-7,10H2,1-4H3,(H2,19,20,22);1H. The molecule has 0 amide bonds. The highest BCUT2D eigenvalue weighted by Crippen LogP contribution is 2.30. The molecule has 0 unspecified atom stereocenters. The van der Waals surface area contributed by atoms with Crippen LogP contribution >= 0.6 is 24.0 Å². The molecular weight excluding hydrogens is 445 g/mol. The average Bonchev–Trinajstić information content (AvgIpc) is 3.04. The molecule has 0 bridgehead atoms. The summed E-state index contributed by atoms with van der Waals surface area (Å²) in [5.41, 5.74) is 2.13. The Morgan fingerprint density at radius 2 is 2.12 bits per heavy atom. The molecule has 1 aromatic carbocycles. The number of hydrogen-bond acceptors (Lipinski definition) is 4. The predicted octanol–water partition coefficient (Wildman–Crippen LogP) is 3.07. The van der Waals surface area contributed by atoms with Crippen molar-refractivity contribution < 1.29 is 9.47 Å². The second kappa shape index (κ2) is 11.6. The van der Waals surface area contributed by atoms with E-state index in [-0.39, 0.29) is 24.0 Å². The minimum atomic E-state index is 0. The molecular formula is C18H28IN5O2. The zero-order chi connectivity index (χ0) is 18.1. The Morgan fingerprint density at radius 3 is 2.73 bits per heavy atom. The molecule has 1 aromatic heterocycles. The first-order valence-corrected chi connectivity index (χ1v) is 8.42. The summed E-state index contributed by atoms with van der Waals surface area (Å²) in [6.45, 7) is 3.37. The molecule has 144 valence electrons. The molecule has 1 heterocycles. The van der Waals surface area contributed by atoms with E-state index in [0.717, 1.165) is 36.8 Å². The van der Waals surface area contributed by atoms with Crippen molar-refractivity contribution in [1.82, 2.24) is 15.1 Å². The number of methoxy groups -OCH3 is 1. The summed E-state index contributed by atoms with van der Waals surface area (Å²) in [4.78, 5) is 4.25. The summed E-state index contributed by atoms with van der Waals surface area (Å²) in [7, 11) is 5.31. The van der Waals surface area contributed by atoms with Crippen LogP contribution in [0, 0.1) is 0 Å². The largest absolute Gasteiger partial charge is 0.493 e. The number of hydrogen-bond donors (Lipinski definition) is 2. The second-order valence-electron chi connectivity index (χ2n) is 5.55. The Labute approximate surface area is 172 Å². The van der Waals surface area contributed by atoms with Crippen molar-refractivity contribution in [2.24, 2.45) is 12.0 Å². The van der Waals surface area contributed by atoms with Crippen molar-refractivity contribution in [3.63, 3.8) is 0 Å². The SMILES string of the molecule is CCOc1ccc(NC(=NC)NCCCc2cnn(C)c2)cc1OC.I. The van der Waals surface area contributed by atoms with Gasteiger partial charge in [0, 0.05) is 38.6 Å². The highest BCUT2D eigenvalue weighted by molar-refractivity contribution is 14.0. The Kier molecular flexibility index (Phi) is 9.85. The van der Waals surface area contributed by atoms with Crippen LogP contribution < -0.4 is 20.1 Å². The van der Waals surface area contributed by atoms with Crippen LogP contribution in [0.1, 0.15) is 18.9 Å². The van der Waals surface area contributed by atoms with Crippen LogP contribution in [0.4, 0.5) is 5.69 Å². The van der Waals surface area contributed by atoms with E-state index in [1.165, 1.54) is 5.56 Å². The van der Waals surface area contributed by atoms with Crippen molar-refractivity contribution in [3.05, 3.63) is 36.2 Å². The summed E-state index contributed by atoms with van der Waals surface area (Å²) in [5, 5.41) is 10.8. The Bertz CT molecular complexity index is 703. The van der Waals surface area contributed by atoms with Crippen molar-refractivity contribution in [3.8, 4) is 11.5 Å². The summed E-state index contributed by atoms with van der Waals surface area (Å²) < 4.78 is 12.7. The highest BCUT2D eigenvalue weighted by atomic mass is 127. The zero-order valence-electron chi connectivity index (χ0n) is 15.8. The first-order valence-electron chi connectivity index (χ1n) is 8.42. The molecule has 2 aromatic rings. The van der Waals surface area contributed by atoms with Crippen LogP contribution in [0.2, 0.25) is 0 Å². The summed E-state index contributed by atoms with van der Waals surface area (Å²) >= 11 is 0. The Balaban J connectivity index is 0.00000338. The van der Waals surface area contributed by atoms with E-state index in [0.29, 0.717) is 12.4 Å². The molecule has 0 aliphatic rings. The third-order valence-corrected chi connectivity index (χ3v) is 3.64. The molecule has 7 nitrogen and oxygen atoms in total. The number of nitrogens with zero attached hydrogens (tertiary/aromatic N) is 3. The third-order valence-electron chi connectivity index (χ3n) is 3.64. The fourth-order valence-electron chi connectivity index (χ4n) is 2.44. The highest BCUT2D eigenvalue weighted by Gasteiger charge is 2.07. The maximum atomic E-state index is 5.53. The summed E-state index contributed by atoms with van der Waals surface area (Å²) in [5.74, 6) is 2.14. The van der Waals surface area contributed by atoms with Crippen LogP contribution in [0.25, 0.3) is 0 Å². The van der Waals surface area contributed by atoms with Gasteiger partial charge in [0.25, 0.3) is 0 Å². The van der Waals surface area contributed by atoms with Crippen molar-refractivity contribution in [1.29, 1.82) is 0 Å². The Morgan fingerprint density at radius 1 is 1.31 bits per heavy atom. The lowest BCUT2D eigenvalue weighted by Crippen LogP contribution is -2.31. The van der Waals surface area contributed by atoms with Gasteiger partial charge in [0.15, 0.2) is 17.5 Å². The molecule has 2 N–H and O–H groups in total. The first kappa shape index (κ1) is 22.1. The molecule has 26 heavy (non-hydrogen) atoms. The molecule has 0 atom stereocenters. The number of halogens is 1. The minimum absolute atomic E-state index is 0. The molecule has 8 heteroatoms. The average molecular weight is 473 g/mol. The fourth-order valence-corrected chi connectivity index (χ4v) is 2.44. The van der Waals surface area contributed by atoms with Gasteiger partial charge in [-0.1, -0.05) is 0 Å². The van der Waals surface area contributed by atoms with Gasteiger partial charge in [0.2, 0.25) is 0 Å². The number of ether oxygens (including phenoxy) is 2. The summed E-state index contributed by atoms with van der Waals surface area (Å²) in [6, 6.07) is 5.73. The quantitative estimate of drug-likeness (QED) is 0.267. The monoisotopic (exact) mass is 473 g/mol. The van der Waals surface area contributed by atoms with Crippen LogP contribution in [0.3, 0.4) is 0 Å². The number of nitrogens with one attached hydrogen (secondary N) is 2. The number of aliphatic imine (C=N–C) groups is 1. The first-order chi connectivity index (χ1) is 12.2. The molecule has 0 aliphatic heterocycles. The van der Waals surface area contributed by atoms with Gasteiger partial charge in [0.05, 0.1) is 19.9 Å². The number of guanidine groups is 1. The second-order valence-corrected chi connectivity index (χ2v) is 5.55. The van der Waals surface area contributed by atoms with Gasteiger partial charge >= 0.3 is 0 Å². The number of aromatic nitrogens is 2. The van der Waals surface area contributed by atoms with Crippen molar-refractivity contribution in [2.75, 3.05) is 32.6 Å². The van der Waals surface area contributed by atoms with E-state index in [2.05, 4.69) is 20.7 Å². The van der Waals surface area contributed by atoms with Crippen LogP contribution in [0.15, 0.2) is 35.6 Å². The summed E-state index contributed by atoms with van der Waals surface area (Å²) in [6.07, 6.45) is 5.92. The zero-order valence-corrected chi connectivity index (χ0v) is 18.1. The molecule has 0 aliphatic carbocycles. The molecule has 0 saturated carbocycles. The number of benzene rings is 1. The van der Waals surface area contributed by atoms with Crippen molar-refractivity contribution >= 4 is 35.6 Å². The topological polar surface area (TPSA) is 72.7 Å². The number of anilines is 1. The number of aryl methyl sites for hydroxylation is 2. The lowest BCUT2D eigenvalue weighted by atomic mass is 10.2. The molecule has 0 spiro atoms. The van der Waals surface area contributed by atoms with E-state index in [1.54, 1.807) is 14.2 Å². The third kappa shape index (κ3) is 6.74. The van der Waals surface area contributed by atoms with Gasteiger partial charge in [-0.3, -0.25) is 9.67 Å². The van der Waals surface area contributed by atoms with E-state index >= 15 is 0 Å². The van der Waals surface area contributed by atoms with Gasteiger partial charge < -0.3 is 20.1 Å². The van der Waals surface area contributed by atoms with Crippen LogP contribution in [-0.2, 0) is 13.5 Å². The van der Waals surface area contributed by atoms with Gasteiger partial charge in [-0.25, -0.2) is 0 Å². The van der Waals surface area contributed by atoms with E-state index in [4.69, 9.17) is 9.47 Å². The van der Waals surface area contributed by atoms with Gasteiger partial charge in [0.1, 0.15) is 0 Å². The van der Waals surface area contributed by atoms with Gasteiger partial charge in [-0.2, -0.15) is 5.10 Å². The lowest BCUT2D eigenvalue weighted by Gasteiger charge is -2.14. The predicted molar refractivity (Wildman–Crippen MR) is 116 cm³/mol. The normalized spacial score (nSPS) is 10.8. The lowest BCUT2D eigenvalue weighted by molar-refractivity contribution is 0.311. The molecule has 0 saturated heterocycles.